The number of carbonyl (C=O) groups is 3. The molecule has 0 aromatic carbocycles. The zero-order valence-electron chi connectivity index (χ0n) is 13.4. The van der Waals surface area contributed by atoms with Crippen LogP contribution >= 0.6 is 0 Å². The summed E-state index contributed by atoms with van der Waals surface area (Å²) in [4.78, 5) is 38.6. The molecule has 1 heterocycles. The lowest BCUT2D eigenvalue weighted by Crippen LogP contribution is -2.67. The molecule has 1 aliphatic rings. The molecule has 1 fully saturated rings. The fraction of sp³-hybridized carbons (Fsp3) is 0.786. The van der Waals surface area contributed by atoms with Gasteiger partial charge in [-0.2, -0.15) is 0 Å². The Morgan fingerprint density at radius 2 is 1.95 bits per heavy atom. The van der Waals surface area contributed by atoms with Crippen LogP contribution in [0.2, 0.25) is 0 Å². The zero-order chi connectivity index (χ0) is 16.4. The number of rotatable bonds is 3. The van der Waals surface area contributed by atoms with Gasteiger partial charge in [0.2, 0.25) is 5.91 Å². The van der Waals surface area contributed by atoms with E-state index in [1.165, 1.54) is 9.80 Å². The van der Waals surface area contributed by atoms with Gasteiger partial charge in [0.1, 0.15) is 5.54 Å². The molecule has 21 heavy (non-hydrogen) atoms. The Hall–Kier alpha value is -1.79. The van der Waals surface area contributed by atoms with Crippen LogP contribution in [0.1, 0.15) is 41.0 Å². The summed E-state index contributed by atoms with van der Waals surface area (Å²) in [6.07, 6.45) is -0.122. The first-order chi connectivity index (χ1) is 9.48. The van der Waals surface area contributed by atoms with Gasteiger partial charge in [0, 0.05) is 25.2 Å². The van der Waals surface area contributed by atoms with E-state index in [0.29, 0.717) is 13.1 Å². The Kier molecular flexibility index (Phi) is 4.86. The normalized spacial score (nSPS) is 18.1. The minimum Gasteiger partial charge on any atom is -0.481 e. The number of carboxylic acids is 1. The van der Waals surface area contributed by atoms with Gasteiger partial charge in [-0.1, -0.05) is 0 Å². The number of piperazine rings is 1. The van der Waals surface area contributed by atoms with Gasteiger partial charge >= 0.3 is 12.0 Å². The molecule has 1 saturated heterocycles. The summed E-state index contributed by atoms with van der Waals surface area (Å²) in [6, 6.07) is -0.302. The van der Waals surface area contributed by atoms with Crippen molar-refractivity contribution >= 4 is 17.9 Å². The van der Waals surface area contributed by atoms with Crippen LogP contribution in [0, 0.1) is 0 Å². The average Bonchev–Trinajstić information content (AvgIpc) is 2.30. The minimum atomic E-state index is -0.951. The number of carboxylic acid groups (broad SMARTS) is 1. The molecule has 0 unspecified atom stereocenters. The summed E-state index contributed by atoms with van der Waals surface area (Å²) in [5, 5.41) is 11.6. The van der Waals surface area contributed by atoms with E-state index in [0.717, 1.165) is 0 Å². The predicted octanol–water partition coefficient (Wildman–Crippen LogP) is 0.892. The first-order valence-corrected chi connectivity index (χ1v) is 7.07. The van der Waals surface area contributed by atoms with Crippen LogP contribution in [0.15, 0.2) is 0 Å². The van der Waals surface area contributed by atoms with E-state index in [9.17, 15) is 14.4 Å². The molecule has 7 heteroatoms. The monoisotopic (exact) mass is 299 g/mol. The van der Waals surface area contributed by atoms with Crippen molar-refractivity contribution in [3.8, 4) is 0 Å². The summed E-state index contributed by atoms with van der Waals surface area (Å²) in [7, 11) is 0. The van der Waals surface area contributed by atoms with Crippen molar-refractivity contribution < 1.29 is 19.5 Å². The summed E-state index contributed by atoms with van der Waals surface area (Å²) in [6.45, 7) is 9.88. The Bertz CT molecular complexity index is 440. The third-order valence-electron chi connectivity index (χ3n) is 3.67. The Morgan fingerprint density at radius 1 is 1.38 bits per heavy atom. The number of aliphatic carboxylic acids is 1. The molecule has 0 aliphatic carbocycles. The number of nitrogens with one attached hydrogen (secondary N) is 1. The first-order valence-electron chi connectivity index (χ1n) is 7.07. The number of hydrogen-bond acceptors (Lipinski definition) is 3. The maximum atomic E-state index is 12.8. The van der Waals surface area contributed by atoms with Gasteiger partial charge in [0.15, 0.2) is 0 Å². The van der Waals surface area contributed by atoms with Crippen molar-refractivity contribution in [2.45, 2.75) is 52.1 Å². The van der Waals surface area contributed by atoms with E-state index in [1.54, 1.807) is 13.8 Å². The lowest BCUT2D eigenvalue weighted by atomic mass is 9.98. The lowest BCUT2D eigenvalue weighted by molar-refractivity contribution is -0.138. The van der Waals surface area contributed by atoms with Gasteiger partial charge in [-0.3, -0.25) is 9.59 Å². The number of amides is 3. The van der Waals surface area contributed by atoms with Crippen LogP contribution in [-0.2, 0) is 9.59 Å². The van der Waals surface area contributed by atoms with Gasteiger partial charge in [0.05, 0.1) is 6.42 Å². The summed E-state index contributed by atoms with van der Waals surface area (Å²) in [5.41, 5.74) is -1.46. The number of urea groups is 1. The zero-order valence-corrected chi connectivity index (χ0v) is 13.4. The smallest absolute Gasteiger partial charge is 0.321 e. The molecule has 0 radical (unpaired) electrons. The Balaban J connectivity index is 2.99. The number of carbonyl (C=O) groups excluding carboxylic acids is 2. The van der Waals surface area contributed by atoms with Gasteiger partial charge in [-0.25, -0.2) is 4.79 Å². The highest BCUT2D eigenvalue weighted by molar-refractivity contribution is 5.91. The fourth-order valence-electron chi connectivity index (χ4n) is 2.31. The third-order valence-corrected chi connectivity index (χ3v) is 3.67. The molecule has 0 aromatic heterocycles. The van der Waals surface area contributed by atoms with Gasteiger partial charge in [0.25, 0.3) is 0 Å². The average molecular weight is 299 g/mol. The highest BCUT2D eigenvalue weighted by Crippen LogP contribution is 2.23. The number of hydrogen-bond donors (Lipinski definition) is 2. The SMILES string of the molecule is CC(C)(C)N(CCC(=O)O)C(=O)N1CCNC(=O)C1(C)C. The molecule has 0 saturated carbocycles. The van der Waals surface area contributed by atoms with E-state index in [4.69, 9.17) is 5.11 Å². The molecule has 1 rings (SSSR count). The van der Waals surface area contributed by atoms with E-state index >= 15 is 0 Å². The summed E-state index contributed by atoms with van der Waals surface area (Å²) in [5.74, 6) is -1.15. The predicted molar refractivity (Wildman–Crippen MR) is 77.9 cm³/mol. The largest absolute Gasteiger partial charge is 0.481 e. The van der Waals surface area contributed by atoms with Crippen molar-refractivity contribution in [3.63, 3.8) is 0 Å². The minimum absolute atomic E-state index is 0.117. The molecule has 2 N–H and O–H groups in total. The topological polar surface area (TPSA) is 90.0 Å². The molecule has 7 nitrogen and oxygen atoms in total. The standard InChI is InChI=1S/C14H25N3O4/c1-13(2,3)16(8-6-10(18)19)12(21)17-9-7-15-11(20)14(17,4)5/h6-9H2,1-5H3,(H,15,20)(H,18,19). The highest BCUT2D eigenvalue weighted by atomic mass is 16.4. The van der Waals surface area contributed by atoms with E-state index < -0.39 is 17.0 Å². The molecule has 0 spiro atoms. The molecule has 1 aliphatic heterocycles. The van der Waals surface area contributed by atoms with Crippen LogP contribution in [0.5, 0.6) is 0 Å². The molecule has 0 bridgehead atoms. The fourth-order valence-corrected chi connectivity index (χ4v) is 2.31. The second-order valence-electron chi connectivity index (χ2n) is 6.72. The van der Waals surface area contributed by atoms with Gasteiger partial charge in [-0.15, -0.1) is 0 Å². The van der Waals surface area contributed by atoms with E-state index in [2.05, 4.69) is 5.32 Å². The van der Waals surface area contributed by atoms with Crippen molar-refractivity contribution in [2.75, 3.05) is 19.6 Å². The van der Waals surface area contributed by atoms with Gasteiger partial charge in [-0.05, 0) is 34.6 Å². The van der Waals surface area contributed by atoms with Gasteiger partial charge < -0.3 is 20.2 Å². The van der Waals surface area contributed by atoms with Crippen molar-refractivity contribution in [1.29, 1.82) is 0 Å². The summed E-state index contributed by atoms with van der Waals surface area (Å²) >= 11 is 0. The number of nitrogens with zero attached hydrogens (tertiary/aromatic N) is 2. The summed E-state index contributed by atoms with van der Waals surface area (Å²) < 4.78 is 0. The van der Waals surface area contributed by atoms with Crippen LogP contribution in [0.25, 0.3) is 0 Å². The van der Waals surface area contributed by atoms with Crippen LogP contribution < -0.4 is 5.32 Å². The highest BCUT2D eigenvalue weighted by Gasteiger charge is 2.43. The van der Waals surface area contributed by atoms with Crippen LogP contribution in [0.3, 0.4) is 0 Å². The van der Waals surface area contributed by atoms with Crippen LogP contribution in [0.4, 0.5) is 4.79 Å². The molecule has 120 valence electrons. The second kappa shape index (κ2) is 5.91. The second-order valence-corrected chi connectivity index (χ2v) is 6.72. The Morgan fingerprint density at radius 3 is 2.43 bits per heavy atom. The molecule has 0 aromatic rings. The molecular weight excluding hydrogens is 274 g/mol. The van der Waals surface area contributed by atoms with Crippen molar-refractivity contribution in [2.24, 2.45) is 0 Å². The molecular formula is C14H25N3O4. The van der Waals surface area contributed by atoms with Crippen molar-refractivity contribution in [3.05, 3.63) is 0 Å². The lowest BCUT2D eigenvalue weighted by Gasteiger charge is -2.46. The van der Waals surface area contributed by atoms with E-state index in [-0.39, 0.29) is 24.9 Å². The Labute approximate surface area is 125 Å². The maximum absolute atomic E-state index is 12.8. The van der Waals surface area contributed by atoms with Crippen LogP contribution in [-0.4, -0.2) is 63.5 Å². The third kappa shape index (κ3) is 3.86. The van der Waals surface area contributed by atoms with Crippen molar-refractivity contribution in [1.82, 2.24) is 15.1 Å². The first kappa shape index (κ1) is 17.3. The maximum Gasteiger partial charge on any atom is 0.321 e. The van der Waals surface area contributed by atoms with E-state index in [1.807, 2.05) is 20.8 Å². The molecule has 3 amide bonds. The quantitative estimate of drug-likeness (QED) is 0.810. The molecule has 0 atom stereocenters.